The van der Waals surface area contributed by atoms with Gasteiger partial charge in [-0.05, 0) is 30.7 Å². The highest BCUT2D eigenvalue weighted by molar-refractivity contribution is 6.31. The fourth-order valence-electron chi connectivity index (χ4n) is 2.04. The highest BCUT2D eigenvalue weighted by Crippen LogP contribution is 2.30. The van der Waals surface area contributed by atoms with Crippen LogP contribution in [0.5, 0.6) is 0 Å². The molecule has 102 valence electrons. The van der Waals surface area contributed by atoms with Crippen LogP contribution >= 0.6 is 23.2 Å². The fraction of sp³-hybridized carbons (Fsp3) is 0.308. The molecule has 1 N–H and O–H groups in total. The number of hydrogen-bond donors (Lipinski definition) is 1. The van der Waals surface area contributed by atoms with Crippen molar-refractivity contribution in [2.75, 3.05) is 0 Å². The van der Waals surface area contributed by atoms with E-state index in [0.29, 0.717) is 27.0 Å². The molecule has 1 atom stereocenters. The molecule has 2 aromatic rings. The van der Waals surface area contributed by atoms with Gasteiger partial charge in [-0.1, -0.05) is 23.2 Å². The van der Waals surface area contributed by atoms with E-state index in [9.17, 15) is 9.50 Å². The minimum atomic E-state index is -0.875. The lowest BCUT2D eigenvalue weighted by molar-refractivity contribution is 0.177. The van der Waals surface area contributed by atoms with Crippen LogP contribution in [0.1, 0.15) is 22.9 Å². The van der Waals surface area contributed by atoms with Crippen LogP contribution in [0.2, 0.25) is 10.2 Å². The standard InChI is InChI=1S/C13H13Cl2FN2O/c1-7-12(13(15)18(2)17-7)11(19)6-8-5-9(16)3-4-10(8)14/h3-5,11,19H,6H2,1-2H3. The Hall–Kier alpha value is -1.10. The third kappa shape index (κ3) is 2.91. The number of halogens is 3. The van der Waals surface area contributed by atoms with Gasteiger partial charge in [-0.15, -0.1) is 0 Å². The summed E-state index contributed by atoms with van der Waals surface area (Å²) in [6.07, 6.45) is -0.691. The Labute approximate surface area is 120 Å². The Bertz CT molecular complexity index is 613. The van der Waals surface area contributed by atoms with E-state index in [1.54, 1.807) is 14.0 Å². The summed E-state index contributed by atoms with van der Waals surface area (Å²) in [6, 6.07) is 4.06. The maximum atomic E-state index is 13.2. The number of aryl methyl sites for hydroxylation is 2. The summed E-state index contributed by atoms with van der Waals surface area (Å²) in [7, 11) is 1.70. The number of aliphatic hydroxyl groups excluding tert-OH is 1. The van der Waals surface area contributed by atoms with Gasteiger partial charge in [0.15, 0.2) is 0 Å². The molecule has 0 spiro atoms. The molecule has 1 aromatic heterocycles. The first-order chi connectivity index (χ1) is 8.90. The zero-order valence-corrected chi connectivity index (χ0v) is 12.0. The molecule has 1 unspecified atom stereocenters. The third-order valence-corrected chi connectivity index (χ3v) is 3.77. The Kier molecular flexibility index (Phi) is 4.13. The van der Waals surface area contributed by atoms with E-state index in [0.717, 1.165) is 0 Å². The second-order valence-corrected chi connectivity index (χ2v) is 5.13. The van der Waals surface area contributed by atoms with Crippen LogP contribution in [0, 0.1) is 12.7 Å². The van der Waals surface area contributed by atoms with E-state index in [1.165, 1.54) is 22.9 Å². The maximum absolute atomic E-state index is 13.2. The molecule has 1 aromatic carbocycles. The molecule has 3 nitrogen and oxygen atoms in total. The van der Waals surface area contributed by atoms with Crippen LogP contribution < -0.4 is 0 Å². The topological polar surface area (TPSA) is 38.0 Å². The lowest BCUT2D eigenvalue weighted by atomic mass is 10.0. The lowest BCUT2D eigenvalue weighted by Crippen LogP contribution is -2.04. The predicted molar refractivity (Wildman–Crippen MR) is 73.0 cm³/mol. The third-order valence-electron chi connectivity index (χ3n) is 2.95. The van der Waals surface area contributed by atoms with Crippen LogP contribution in [-0.4, -0.2) is 14.9 Å². The predicted octanol–water partition coefficient (Wildman–Crippen LogP) is 3.45. The second kappa shape index (κ2) is 5.49. The van der Waals surface area contributed by atoms with Crippen LogP contribution in [0.25, 0.3) is 0 Å². The highest BCUT2D eigenvalue weighted by atomic mass is 35.5. The molecule has 0 bridgehead atoms. The van der Waals surface area contributed by atoms with Gasteiger partial charge in [0.05, 0.1) is 11.8 Å². The average molecular weight is 303 g/mol. The number of rotatable bonds is 3. The monoisotopic (exact) mass is 302 g/mol. The summed E-state index contributed by atoms with van der Waals surface area (Å²) < 4.78 is 14.7. The summed E-state index contributed by atoms with van der Waals surface area (Å²) in [5.74, 6) is -0.388. The molecule has 0 aliphatic heterocycles. The van der Waals surface area contributed by atoms with Gasteiger partial charge in [0.25, 0.3) is 0 Å². The molecule has 6 heteroatoms. The zero-order valence-electron chi connectivity index (χ0n) is 10.5. The Balaban J connectivity index is 2.30. The van der Waals surface area contributed by atoms with Crippen LogP contribution in [-0.2, 0) is 13.5 Å². The van der Waals surface area contributed by atoms with E-state index in [4.69, 9.17) is 23.2 Å². The van der Waals surface area contributed by atoms with E-state index in [-0.39, 0.29) is 12.2 Å². The largest absolute Gasteiger partial charge is 0.388 e. The summed E-state index contributed by atoms with van der Waals surface area (Å²) >= 11 is 12.1. The lowest BCUT2D eigenvalue weighted by Gasteiger charge is -2.12. The molecule has 2 rings (SSSR count). The van der Waals surface area contributed by atoms with Gasteiger partial charge in [0.1, 0.15) is 11.0 Å². The minimum Gasteiger partial charge on any atom is -0.388 e. The Morgan fingerprint density at radius 1 is 1.42 bits per heavy atom. The molecule has 0 aliphatic rings. The van der Waals surface area contributed by atoms with Crippen molar-refractivity contribution in [3.05, 3.63) is 51.0 Å². The quantitative estimate of drug-likeness (QED) is 0.943. The Morgan fingerprint density at radius 2 is 2.11 bits per heavy atom. The highest BCUT2D eigenvalue weighted by Gasteiger charge is 2.20. The van der Waals surface area contributed by atoms with Crippen molar-refractivity contribution in [2.24, 2.45) is 7.05 Å². The molecule has 19 heavy (non-hydrogen) atoms. The first-order valence-electron chi connectivity index (χ1n) is 5.71. The molecule has 1 heterocycles. The summed E-state index contributed by atoms with van der Waals surface area (Å²) in [4.78, 5) is 0. The molecule has 0 saturated heterocycles. The van der Waals surface area contributed by atoms with Crippen LogP contribution in [0.15, 0.2) is 18.2 Å². The van der Waals surface area contributed by atoms with E-state index in [2.05, 4.69) is 5.10 Å². The molecular formula is C13H13Cl2FN2O. The Morgan fingerprint density at radius 3 is 2.68 bits per heavy atom. The van der Waals surface area contributed by atoms with Crippen molar-refractivity contribution in [3.8, 4) is 0 Å². The number of aliphatic hydroxyl groups is 1. The summed E-state index contributed by atoms with van der Waals surface area (Å²) in [6.45, 7) is 1.76. The van der Waals surface area contributed by atoms with Gasteiger partial charge in [0.2, 0.25) is 0 Å². The zero-order chi connectivity index (χ0) is 14.2. The van der Waals surface area contributed by atoms with Crippen LogP contribution in [0.4, 0.5) is 4.39 Å². The minimum absolute atomic E-state index is 0.183. The van der Waals surface area contributed by atoms with Crippen molar-refractivity contribution in [2.45, 2.75) is 19.4 Å². The summed E-state index contributed by atoms with van der Waals surface area (Å²) in [5.41, 5.74) is 1.73. The van der Waals surface area contributed by atoms with Gasteiger partial charge in [0, 0.05) is 24.1 Å². The molecule has 0 saturated carbocycles. The number of nitrogens with zero attached hydrogens (tertiary/aromatic N) is 2. The van der Waals surface area contributed by atoms with Crippen molar-refractivity contribution in [1.82, 2.24) is 9.78 Å². The van der Waals surface area contributed by atoms with Gasteiger partial charge in [-0.2, -0.15) is 5.10 Å². The molecule has 0 radical (unpaired) electrons. The van der Waals surface area contributed by atoms with Crippen LogP contribution in [0.3, 0.4) is 0 Å². The van der Waals surface area contributed by atoms with Gasteiger partial charge in [-0.25, -0.2) is 4.39 Å². The van der Waals surface area contributed by atoms with Crippen molar-refractivity contribution in [1.29, 1.82) is 0 Å². The second-order valence-electron chi connectivity index (χ2n) is 4.37. The van der Waals surface area contributed by atoms with Gasteiger partial charge < -0.3 is 5.11 Å². The van der Waals surface area contributed by atoms with Gasteiger partial charge in [-0.3, -0.25) is 4.68 Å². The first kappa shape index (κ1) is 14.3. The first-order valence-corrected chi connectivity index (χ1v) is 6.46. The van der Waals surface area contributed by atoms with E-state index >= 15 is 0 Å². The van der Waals surface area contributed by atoms with Crippen molar-refractivity contribution in [3.63, 3.8) is 0 Å². The van der Waals surface area contributed by atoms with E-state index in [1.807, 2.05) is 0 Å². The number of aromatic nitrogens is 2. The molecule has 0 aliphatic carbocycles. The van der Waals surface area contributed by atoms with Crippen molar-refractivity contribution < 1.29 is 9.50 Å². The smallest absolute Gasteiger partial charge is 0.132 e. The molecule has 0 amide bonds. The summed E-state index contributed by atoms with van der Waals surface area (Å²) in [5, 5.41) is 15.2. The molecule has 0 fully saturated rings. The van der Waals surface area contributed by atoms with Crippen molar-refractivity contribution >= 4 is 23.2 Å². The number of hydrogen-bond acceptors (Lipinski definition) is 2. The van der Waals surface area contributed by atoms with E-state index < -0.39 is 6.10 Å². The number of benzene rings is 1. The normalized spacial score (nSPS) is 12.7. The SMILES string of the molecule is Cc1nn(C)c(Cl)c1C(O)Cc1cc(F)ccc1Cl. The molecular weight excluding hydrogens is 290 g/mol. The van der Waals surface area contributed by atoms with Gasteiger partial charge >= 0.3 is 0 Å². The fourth-order valence-corrected chi connectivity index (χ4v) is 2.53. The average Bonchev–Trinajstić information content (AvgIpc) is 2.58. The maximum Gasteiger partial charge on any atom is 0.132 e.